The summed E-state index contributed by atoms with van der Waals surface area (Å²) in [5, 5.41) is 0. The van der Waals surface area contributed by atoms with Gasteiger partial charge in [0.25, 0.3) is 6.47 Å². The average Bonchev–Trinajstić information content (AvgIpc) is 1.41. The van der Waals surface area contributed by atoms with Crippen molar-refractivity contribution < 1.29 is 9.53 Å². The van der Waals surface area contributed by atoms with E-state index in [-0.39, 0.29) is 0 Å². The second kappa shape index (κ2) is 3.90. The number of carbonyl (C=O) groups is 1. The van der Waals surface area contributed by atoms with Gasteiger partial charge in [0.1, 0.15) is 6.35 Å². The molecule has 0 radical (unpaired) electrons. The number of rotatable bonds is 2. The van der Waals surface area contributed by atoms with E-state index < -0.39 is 0 Å². The maximum absolute atomic E-state index is 9.17. The standard InChI is InChI=1S/C2H5O2P/c3-1-4-2-5/h1H,2,5H2. The molecule has 0 aromatic rings. The van der Waals surface area contributed by atoms with Crippen molar-refractivity contribution in [2.24, 2.45) is 0 Å². The van der Waals surface area contributed by atoms with Crippen LogP contribution in [0.3, 0.4) is 0 Å². The highest BCUT2D eigenvalue weighted by Crippen LogP contribution is 1.74. The summed E-state index contributed by atoms with van der Waals surface area (Å²) in [6, 6.07) is 0. The lowest BCUT2D eigenvalue weighted by molar-refractivity contribution is -0.126. The zero-order valence-electron chi connectivity index (χ0n) is 2.68. The summed E-state index contributed by atoms with van der Waals surface area (Å²) in [6.45, 7) is 0.410. The fraction of sp³-hybridized carbons (Fsp3) is 0.500. The molecule has 2 nitrogen and oxygen atoms in total. The number of hydrogen-bond donors (Lipinski definition) is 0. The minimum absolute atomic E-state index is 0.392. The largest absolute Gasteiger partial charge is 0.464 e. The van der Waals surface area contributed by atoms with Crippen molar-refractivity contribution in [1.29, 1.82) is 0 Å². The van der Waals surface area contributed by atoms with Gasteiger partial charge in [-0.15, -0.1) is 0 Å². The first kappa shape index (κ1) is 4.90. The van der Waals surface area contributed by atoms with Gasteiger partial charge in [-0.25, -0.2) is 0 Å². The van der Waals surface area contributed by atoms with Crippen LogP contribution in [0.4, 0.5) is 0 Å². The summed E-state index contributed by atoms with van der Waals surface area (Å²) in [7, 11) is 2.25. The van der Waals surface area contributed by atoms with Crippen molar-refractivity contribution in [3.8, 4) is 0 Å². The van der Waals surface area contributed by atoms with Gasteiger partial charge in [-0.05, 0) is 0 Å². The normalized spacial score (nSPS) is 6.60. The summed E-state index contributed by atoms with van der Waals surface area (Å²) >= 11 is 0. The van der Waals surface area contributed by atoms with E-state index in [2.05, 4.69) is 14.0 Å². The molecule has 0 aliphatic heterocycles. The molecule has 0 saturated heterocycles. The fourth-order valence-corrected chi connectivity index (χ4v) is 0.118. The van der Waals surface area contributed by atoms with E-state index in [0.717, 1.165) is 0 Å². The molecule has 5 heavy (non-hydrogen) atoms. The number of hydrogen-bond acceptors (Lipinski definition) is 2. The van der Waals surface area contributed by atoms with E-state index >= 15 is 0 Å². The lowest BCUT2D eigenvalue weighted by Crippen LogP contribution is -1.76. The third-order valence-electron chi connectivity index (χ3n) is 0.164. The third-order valence-corrected chi connectivity index (χ3v) is 0.357. The van der Waals surface area contributed by atoms with Crippen molar-refractivity contribution in [2.75, 3.05) is 6.35 Å². The Bertz CT molecular complexity index is 28.8. The second-order valence-corrected chi connectivity index (χ2v) is 0.763. The molecule has 0 N–H and O–H groups in total. The van der Waals surface area contributed by atoms with E-state index in [9.17, 15) is 0 Å². The molecule has 0 fully saturated rings. The van der Waals surface area contributed by atoms with Crippen molar-refractivity contribution in [3.05, 3.63) is 0 Å². The predicted molar refractivity (Wildman–Crippen MR) is 21.7 cm³/mol. The van der Waals surface area contributed by atoms with Crippen LogP contribution in [0.25, 0.3) is 0 Å². The Kier molecular flexibility index (Phi) is 3.82. The van der Waals surface area contributed by atoms with Gasteiger partial charge in [-0.2, -0.15) is 0 Å². The van der Waals surface area contributed by atoms with Gasteiger partial charge in [0.2, 0.25) is 0 Å². The molecule has 3 heteroatoms. The Morgan fingerprint density at radius 2 is 2.60 bits per heavy atom. The van der Waals surface area contributed by atoms with E-state index in [1.165, 1.54) is 0 Å². The monoisotopic (exact) mass is 92.0 g/mol. The molecule has 0 heterocycles. The van der Waals surface area contributed by atoms with Crippen LogP contribution in [-0.4, -0.2) is 12.8 Å². The Labute approximate surface area is 32.7 Å². The van der Waals surface area contributed by atoms with E-state index in [0.29, 0.717) is 12.8 Å². The molecule has 0 aliphatic carbocycles. The molecule has 0 bridgehead atoms. The molecule has 0 aromatic carbocycles. The maximum Gasteiger partial charge on any atom is 0.293 e. The smallest absolute Gasteiger partial charge is 0.293 e. The quantitative estimate of drug-likeness (QED) is 0.353. The molecule has 30 valence electrons. The van der Waals surface area contributed by atoms with Crippen molar-refractivity contribution in [1.82, 2.24) is 0 Å². The van der Waals surface area contributed by atoms with E-state index in [1.807, 2.05) is 0 Å². The molecule has 1 atom stereocenters. The second-order valence-electron chi connectivity index (χ2n) is 0.430. The fourth-order valence-electron chi connectivity index (χ4n) is 0.0393. The van der Waals surface area contributed by atoms with Crippen molar-refractivity contribution >= 4 is 15.7 Å². The zero-order valence-corrected chi connectivity index (χ0v) is 3.83. The Morgan fingerprint density at radius 3 is 2.60 bits per heavy atom. The molecule has 0 saturated carbocycles. The van der Waals surface area contributed by atoms with Crippen molar-refractivity contribution in [2.45, 2.75) is 0 Å². The molecular formula is C2H5O2P. The molecule has 0 rings (SSSR count). The molecular weight excluding hydrogens is 87.0 g/mol. The maximum atomic E-state index is 9.17. The lowest BCUT2D eigenvalue weighted by Gasteiger charge is -1.79. The molecule has 0 aromatic heterocycles. The summed E-state index contributed by atoms with van der Waals surface area (Å²) in [6.07, 6.45) is 0.392. The van der Waals surface area contributed by atoms with E-state index in [1.54, 1.807) is 0 Å². The SMILES string of the molecule is O=COCP. The molecule has 0 amide bonds. The van der Waals surface area contributed by atoms with Crippen LogP contribution in [0.5, 0.6) is 0 Å². The number of ether oxygens (including phenoxy) is 1. The van der Waals surface area contributed by atoms with Crippen LogP contribution in [0.15, 0.2) is 0 Å². The van der Waals surface area contributed by atoms with Crippen LogP contribution in [0, 0.1) is 0 Å². The van der Waals surface area contributed by atoms with Crippen LogP contribution in [0.1, 0.15) is 0 Å². The summed E-state index contributed by atoms with van der Waals surface area (Å²) in [5.74, 6) is 0. The van der Waals surface area contributed by atoms with Crippen LogP contribution < -0.4 is 0 Å². The Hall–Kier alpha value is -0.100. The van der Waals surface area contributed by atoms with Gasteiger partial charge in [-0.3, -0.25) is 4.79 Å². The molecule has 1 unspecified atom stereocenters. The first-order valence-electron chi connectivity index (χ1n) is 1.17. The van der Waals surface area contributed by atoms with Gasteiger partial charge in [0, 0.05) is 0 Å². The van der Waals surface area contributed by atoms with Crippen LogP contribution >= 0.6 is 9.24 Å². The summed E-state index contributed by atoms with van der Waals surface area (Å²) in [5.41, 5.74) is 0. The molecule has 0 spiro atoms. The Morgan fingerprint density at radius 1 is 2.00 bits per heavy atom. The first-order valence-corrected chi connectivity index (χ1v) is 1.98. The van der Waals surface area contributed by atoms with Gasteiger partial charge in [-0.1, -0.05) is 9.24 Å². The number of carbonyl (C=O) groups excluding carboxylic acids is 1. The highest BCUT2D eigenvalue weighted by molar-refractivity contribution is 7.16. The minimum atomic E-state index is 0.392. The molecule has 0 aliphatic rings. The lowest BCUT2D eigenvalue weighted by atomic mass is 11.5. The van der Waals surface area contributed by atoms with Crippen molar-refractivity contribution in [3.63, 3.8) is 0 Å². The third kappa shape index (κ3) is 3.90. The van der Waals surface area contributed by atoms with Gasteiger partial charge < -0.3 is 4.74 Å². The van der Waals surface area contributed by atoms with Gasteiger partial charge >= 0.3 is 0 Å². The average molecular weight is 92.0 g/mol. The Balaban J connectivity index is 2.40. The minimum Gasteiger partial charge on any atom is -0.464 e. The summed E-state index contributed by atoms with van der Waals surface area (Å²) < 4.78 is 4.12. The zero-order chi connectivity index (χ0) is 4.12. The van der Waals surface area contributed by atoms with Gasteiger partial charge in [0.05, 0.1) is 0 Å². The van der Waals surface area contributed by atoms with Crippen LogP contribution in [-0.2, 0) is 9.53 Å². The highest BCUT2D eigenvalue weighted by atomic mass is 31.0. The topological polar surface area (TPSA) is 26.3 Å². The summed E-state index contributed by atoms with van der Waals surface area (Å²) in [4.78, 5) is 9.17. The highest BCUT2D eigenvalue weighted by Gasteiger charge is 1.60. The van der Waals surface area contributed by atoms with Crippen LogP contribution in [0.2, 0.25) is 0 Å². The predicted octanol–water partition coefficient (Wildman–Crippen LogP) is -0.00800. The van der Waals surface area contributed by atoms with Gasteiger partial charge in [0.15, 0.2) is 0 Å². The van der Waals surface area contributed by atoms with E-state index in [4.69, 9.17) is 4.79 Å². The first-order chi connectivity index (χ1) is 2.41.